The summed E-state index contributed by atoms with van der Waals surface area (Å²) in [6.45, 7) is 4.06. The molecule has 1 fully saturated rings. The Kier molecular flexibility index (Phi) is 5.82. The number of carbonyl (C=O) groups excluding carboxylic acids is 1. The molecule has 1 aromatic carbocycles. The molecule has 1 aromatic heterocycles. The largest absolute Gasteiger partial charge is 0.325 e. The number of nitro benzene ring substituents is 1. The van der Waals surface area contributed by atoms with E-state index in [0.717, 1.165) is 4.88 Å². The van der Waals surface area contributed by atoms with Gasteiger partial charge in [-0.15, -0.1) is 11.3 Å². The second-order valence-corrected chi connectivity index (χ2v) is 10.3. The van der Waals surface area contributed by atoms with Crippen LogP contribution in [0.25, 0.3) is 0 Å². The summed E-state index contributed by atoms with van der Waals surface area (Å²) in [7, 11) is -3.62. The lowest BCUT2D eigenvalue weighted by Gasteiger charge is -2.30. The third-order valence-electron chi connectivity index (χ3n) is 4.75. The van der Waals surface area contributed by atoms with Crippen LogP contribution in [0.15, 0.2) is 34.5 Å². The summed E-state index contributed by atoms with van der Waals surface area (Å²) < 4.78 is 27.3. The predicted octanol–water partition coefficient (Wildman–Crippen LogP) is 3.31. The van der Waals surface area contributed by atoms with E-state index in [2.05, 4.69) is 5.32 Å². The molecule has 2 heterocycles. The van der Waals surface area contributed by atoms with Gasteiger partial charge < -0.3 is 5.32 Å². The number of anilines is 1. The molecule has 0 unspecified atom stereocenters. The Morgan fingerprint density at radius 1 is 1.29 bits per heavy atom. The molecule has 1 N–H and O–H groups in total. The number of rotatable bonds is 5. The highest BCUT2D eigenvalue weighted by molar-refractivity contribution is 7.91. The third-order valence-corrected chi connectivity index (χ3v) is 8.09. The standard InChI is InChI=1S/C18H21N3O5S2/c1-12-5-7-15(21(23)24)10-16(12)19-18(22)14-4-3-9-20(11-14)28(25,26)17-8-6-13(2)27-17/h5-8,10,14H,3-4,9,11H2,1-2H3,(H,19,22)/t14-/m0/s1. The molecule has 2 aromatic rings. The van der Waals surface area contributed by atoms with Gasteiger partial charge in [0.05, 0.1) is 16.5 Å². The minimum absolute atomic E-state index is 0.0963. The second kappa shape index (κ2) is 7.98. The fourth-order valence-electron chi connectivity index (χ4n) is 3.15. The molecular weight excluding hydrogens is 402 g/mol. The van der Waals surface area contributed by atoms with Gasteiger partial charge in [0.25, 0.3) is 15.7 Å². The molecule has 1 aliphatic rings. The highest BCUT2D eigenvalue weighted by Gasteiger charge is 2.34. The van der Waals surface area contributed by atoms with Crippen molar-refractivity contribution in [3.8, 4) is 0 Å². The number of benzene rings is 1. The van der Waals surface area contributed by atoms with E-state index in [1.54, 1.807) is 25.1 Å². The molecule has 0 saturated carbocycles. The van der Waals surface area contributed by atoms with Crippen LogP contribution in [0.2, 0.25) is 0 Å². The van der Waals surface area contributed by atoms with E-state index in [4.69, 9.17) is 0 Å². The van der Waals surface area contributed by atoms with Gasteiger partial charge in [-0.3, -0.25) is 14.9 Å². The molecule has 1 atom stereocenters. The molecule has 0 spiro atoms. The van der Waals surface area contributed by atoms with E-state index >= 15 is 0 Å². The van der Waals surface area contributed by atoms with Gasteiger partial charge >= 0.3 is 0 Å². The predicted molar refractivity (Wildman–Crippen MR) is 107 cm³/mol. The van der Waals surface area contributed by atoms with Crippen molar-refractivity contribution in [2.75, 3.05) is 18.4 Å². The van der Waals surface area contributed by atoms with Crippen molar-refractivity contribution < 1.29 is 18.1 Å². The molecule has 0 aliphatic carbocycles. The molecular formula is C18H21N3O5S2. The summed E-state index contributed by atoms with van der Waals surface area (Å²) in [5, 5.41) is 13.7. The zero-order valence-electron chi connectivity index (χ0n) is 15.5. The molecule has 0 radical (unpaired) electrons. The summed E-state index contributed by atoms with van der Waals surface area (Å²) in [4.78, 5) is 24.1. The number of nitro groups is 1. The van der Waals surface area contributed by atoms with Crippen LogP contribution in [-0.4, -0.2) is 36.6 Å². The van der Waals surface area contributed by atoms with Crippen molar-refractivity contribution in [1.82, 2.24) is 4.31 Å². The van der Waals surface area contributed by atoms with Gasteiger partial charge in [0.2, 0.25) is 5.91 Å². The Morgan fingerprint density at radius 3 is 2.68 bits per heavy atom. The number of hydrogen-bond donors (Lipinski definition) is 1. The highest BCUT2D eigenvalue weighted by Crippen LogP contribution is 2.29. The minimum atomic E-state index is -3.62. The van der Waals surface area contributed by atoms with Crippen molar-refractivity contribution in [2.24, 2.45) is 5.92 Å². The zero-order valence-corrected chi connectivity index (χ0v) is 17.2. The van der Waals surface area contributed by atoms with Crippen LogP contribution in [0.5, 0.6) is 0 Å². The summed E-state index contributed by atoms with van der Waals surface area (Å²) >= 11 is 1.21. The van der Waals surface area contributed by atoms with Gasteiger partial charge in [0, 0.05) is 30.1 Å². The summed E-state index contributed by atoms with van der Waals surface area (Å²) in [6.07, 6.45) is 1.14. The Balaban J connectivity index is 1.75. The molecule has 3 rings (SSSR count). The highest BCUT2D eigenvalue weighted by atomic mass is 32.2. The number of nitrogens with one attached hydrogen (secondary N) is 1. The number of piperidine rings is 1. The lowest BCUT2D eigenvalue weighted by Crippen LogP contribution is -2.43. The van der Waals surface area contributed by atoms with Gasteiger partial charge in [-0.2, -0.15) is 4.31 Å². The minimum Gasteiger partial charge on any atom is -0.325 e. The average Bonchev–Trinajstić information content (AvgIpc) is 3.10. The normalized spacial score (nSPS) is 18.0. The van der Waals surface area contributed by atoms with Crippen LogP contribution in [0, 0.1) is 29.9 Å². The number of sulfonamides is 1. The van der Waals surface area contributed by atoms with E-state index in [0.29, 0.717) is 30.6 Å². The van der Waals surface area contributed by atoms with Gasteiger partial charge in [0.15, 0.2) is 0 Å². The lowest BCUT2D eigenvalue weighted by molar-refractivity contribution is -0.384. The maximum atomic E-state index is 12.8. The van der Waals surface area contributed by atoms with Crippen molar-refractivity contribution >= 4 is 38.6 Å². The van der Waals surface area contributed by atoms with Crippen LogP contribution in [-0.2, 0) is 14.8 Å². The fraction of sp³-hybridized carbons (Fsp3) is 0.389. The monoisotopic (exact) mass is 423 g/mol. The zero-order chi connectivity index (χ0) is 20.5. The van der Waals surface area contributed by atoms with E-state index in [-0.39, 0.29) is 22.3 Å². The molecule has 1 aliphatic heterocycles. The fourth-order valence-corrected chi connectivity index (χ4v) is 6.11. The van der Waals surface area contributed by atoms with Gasteiger partial charge in [0.1, 0.15) is 4.21 Å². The lowest BCUT2D eigenvalue weighted by atomic mass is 9.98. The molecule has 10 heteroatoms. The van der Waals surface area contributed by atoms with E-state index in [9.17, 15) is 23.3 Å². The Bertz CT molecular complexity index is 1020. The number of carbonyl (C=O) groups is 1. The molecule has 150 valence electrons. The van der Waals surface area contributed by atoms with Crippen LogP contribution >= 0.6 is 11.3 Å². The molecule has 0 bridgehead atoms. The number of hydrogen-bond acceptors (Lipinski definition) is 6. The second-order valence-electron chi connectivity index (χ2n) is 6.81. The first-order chi connectivity index (χ1) is 13.2. The van der Waals surface area contributed by atoms with E-state index in [1.807, 2.05) is 6.92 Å². The van der Waals surface area contributed by atoms with Gasteiger partial charge in [-0.1, -0.05) is 6.07 Å². The molecule has 1 saturated heterocycles. The maximum absolute atomic E-state index is 12.8. The van der Waals surface area contributed by atoms with Crippen LogP contribution in [0.4, 0.5) is 11.4 Å². The molecule has 8 nitrogen and oxygen atoms in total. The summed E-state index contributed by atoms with van der Waals surface area (Å²) in [5.74, 6) is -0.839. The summed E-state index contributed by atoms with van der Waals surface area (Å²) in [5.41, 5.74) is 0.961. The third kappa shape index (κ3) is 4.23. The van der Waals surface area contributed by atoms with E-state index < -0.39 is 20.9 Å². The van der Waals surface area contributed by atoms with Gasteiger partial charge in [-0.25, -0.2) is 8.42 Å². The number of thiophene rings is 1. The topological polar surface area (TPSA) is 110 Å². The van der Waals surface area contributed by atoms with E-state index in [1.165, 1.54) is 27.8 Å². The quantitative estimate of drug-likeness (QED) is 0.586. The molecule has 1 amide bonds. The van der Waals surface area contributed by atoms with Crippen LogP contribution in [0.3, 0.4) is 0 Å². The first kappa shape index (κ1) is 20.4. The van der Waals surface area contributed by atoms with Crippen LogP contribution < -0.4 is 5.32 Å². The smallest absolute Gasteiger partial charge is 0.271 e. The molecule has 28 heavy (non-hydrogen) atoms. The Labute approximate surface area is 167 Å². The van der Waals surface area contributed by atoms with Crippen molar-refractivity contribution in [1.29, 1.82) is 0 Å². The maximum Gasteiger partial charge on any atom is 0.271 e. The summed E-state index contributed by atoms with van der Waals surface area (Å²) in [6, 6.07) is 7.62. The number of amides is 1. The van der Waals surface area contributed by atoms with Crippen molar-refractivity contribution in [3.05, 3.63) is 50.9 Å². The number of nitrogens with zero attached hydrogens (tertiary/aromatic N) is 2. The first-order valence-corrected chi connectivity index (χ1v) is 11.1. The SMILES string of the molecule is Cc1ccc(S(=O)(=O)N2CCC[C@H](C(=O)Nc3cc([N+](=O)[O-])ccc3C)C2)s1. The van der Waals surface area contributed by atoms with Crippen molar-refractivity contribution in [3.63, 3.8) is 0 Å². The Hall–Kier alpha value is -2.30. The van der Waals surface area contributed by atoms with Crippen LogP contribution in [0.1, 0.15) is 23.3 Å². The average molecular weight is 424 g/mol. The van der Waals surface area contributed by atoms with Gasteiger partial charge in [-0.05, 0) is 44.4 Å². The number of non-ortho nitro benzene ring substituents is 1. The Morgan fingerprint density at radius 2 is 2.04 bits per heavy atom. The van der Waals surface area contributed by atoms with Crippen molar-refractivity contribution in [2.45, 2.75) is 30.9 Å². The first-order valence-electron chi connectivity index (χ1n) is 8.81. The number of aryl methyl sites for hydroxylation is 2.